The third-order valence-corrected chi connectivity index (χ3v) is 3.84. The second-order valence-electron chi connectivity index (χ2n) is 5.25. The number of fused-ring (bicyclic) bond motifs is 1. The molecule has 1 N–H and O–H groups in total. The number of hydrogen-bond acceptors (Lipinski definition) is 1. The second-order valence-corrected chi connectivity index (χ2v) is 5.25. The van der Waals surface area contributed by atoms with E-state index >= 15 is 0 Å². The molecule has 0 atom stereocenters. The van der Waals surface area contributed by atoms with E-state index in [1.807, 2.05) is 0 Å². The highest BCUT2D eigenvalue weighted by atomic mass is 14.9. The molecule has 2 aliphatic carbocycles. The monoisotopic (exact) mass is 201 g/mol. The summed E-state index contributed by atoms with van der Waals surface area (Å²) in [4.78, 5) is 0. The Labute approximate surface area is 91.9 Å². The van der Waals surface area contributed by atoms with Crippen molar-refractivity contribution in [3.63, 3.8) is 0 Å². The van der Waals surface area contributed by atoms with E-state index in [-0.39, 0.29) is 0 Å². The first-order chi connectivity index (χ1) is 7.31. The van der Waals surface area contributed by atoms with Crippen molar-refractivity contribution in [1.82, 2.24) is 0 Å². The van der Waals surface area contributed by atoms with Crippen molar-refractivity contribution in [1.29, 1.82) is 0 Å². The summed E-state index contributed by atoms with van der Waals surface area (Å²) in [7, 11) is 0. The Morgan fingerprint density at radius 1 is 1.13 bits per heavy atom. The van der Waals surface area contributed by atoms with Crippen molar-refractivity contribution in [2.75, 3.05) is 5.32 Å². The van der Waals surface area contributed by atoms with Crippen LogP contribution in [0.25, 0.3) is 0 Å². The average Bonchev–Trinajstić information content (AvgIpc) is 2.62. The first-order valence-electron chi connectivity index (χ1n) is 6.19. The summed E-state index contributed by atoms with van der Waals surface area (Å²) < 4.78 is 0. The van der Waals surface area contributed by atoms with E-state index in [2.05, 4.69) is 30.4 Å². The van der Waals surface area contributed by atoms with Gasteiger partial charge in [-0.25, -0.2) is 0 Å². The minimum atomic E-state index is 0.736. The smallest absolute Gasteiger partial charge is 0.0345 e. The Bertz CT molecular complexity index is 364. The highest BCUT2D eigenvalue weighted by molar-refractivity contribution is 5.51. The van der Waals surface area contributed by atoms with Gasteiger partial charge in [-0.2, -0.15) is 0 Å². The second kappa shape index (κ2) is 3.55. The molecule has 0 aromatic heterocycles. The fourth-order valence-electron chi connectivity index (χ4n) is 2.92. The number of nitrogens with one attached hydrogen (secondary N) is 1. The molecule has 15 heavy (non-hydrogen) atoms. The SMILES string of the molecule is CC1CC(Nc2ccc3c(c2)CCC3)C1. The van der Waals surface area contributed by atoms with Crippen LogP contribution in [0.3, 0.4) is 0 Å². The van der Waals surface area contributed by atoms with Crippen LogP contribution in [0.4, 0.5) is 5.69 Å². The summed E-state index contributed by atoms with van der Waals surface area (Å²) in [6.07, 6.45) is 6.61. The third-order valence-electron chi connectivity index (χ3n) is 3.84. The third kappa shape index (κ3) is 1.75. The quantitative estimate of drug-likeness (QED) is 0.773. The molecular formula is C14H19N. The van der Waals surface area contributed by atoms with Crippen molar-refractivity contribution in [3.8, 4) is 0 Å². The van der Waals surface area contributed by atoms with Crippen LogP contribution in [-0.2, 0) is 12.8 Å². The first kappa shape index (κ1) is 9.26. The zero-order chi connectivity index (χ0) is 10.3. The Balaban J connectivity index is 1.70. The van der Waals surface area contributed by atoms with E-state index < -0.39 is 0 Å². The van der Waals surface area contributed by atoms with Crippen LogP contribution in [0.2, 0.25) is 0 Å². The molecule has 3 rings (SSSR count). The Hall–Kier alpha value is -0.980. The van der Waals surface area contributed by atoms with Gasteiger partial charge in [-0.1, -0.05) is 13.0 Å². The molecule has 0 unspecified atom stereocenters. The zero-order valence-electron chi connectivity index (χ0n) is 9.42. The van der Waals surface area contributed by atoms with Crippen molar-refractivity contribution in [2.45, 2.75) is 45.1 Å². The van der Waals surface area contributed by atoms with Gasteiger partial charge in [-0.3, -0.25) is 0 Å². The lowest BCUT2D eigenvalue weighted by molar-refractivity contribution is 0.309. The molecule has 80 valence electrons. The summed E-state index contributed by atoms with van der Waals surface area (Å²) in [5, 5.41) is 3.64. The van der Waals surface area contributed by atoms with E-state index in [9.17, 15) is 0 Å². The van der Waals surface area contributed by atoms with E-state index in [1.165, 1.54) is 37.8 Å². The van der Waals surface area contributed by atoms with Gasteiger partial charge < -0.3 is 5.32 Å². The molecule has 1 aromatic carbocycles. The number of rotatable bonds is 2. The van der Waals surface area contributed by atoms with Gasteiger partial charge in [0.1, 0.15) is 0 Å². The highest BCUT2D eigenvalue weighted by Gasteiger charge is 2.25. The summed E-state index contributed by atoms with van der Waals surface area (Å²) >= 11 is 0. The normalized spacial score (nSPS) is 28.3. The number of anilines is 1. The lowest BCUT2D eigenvalue weighted by Gasteiger charge is -2.34. The molecule has 1 heteroatoms. The van der Waals surface area contributed by atoms with Crippen LogP contribution in [0, 0.1) is 5.92 Å². The van der Waals surface area contributed by atoms with E-state index in [4.69, 9.17) is 0 Å². The predicted molar refractivity (Wildman–Crippen MR) is 64.3 cm³/mol. The van der Waals surface area contributed by atoms with Gasteiger partial charge in [-0.15, -0.1) is 0 Å². The lowest BCUT2D eigenvalue weighted by Crippen LogP contribution is -2.33. The van der Waals surface area contributed by atoms with Crippen molar-refractivity contribution >= 4 is 5.69 Å². The molecule has 0 aliphatic heterocycles. The van der Waals surface area contributed by atoms with E-state index in [0.717, 1.165) is 12.0 Å². The first-order valence-corrected chi connectivity index (χ1v) is 6.19. The van der Waals surface area contributed by atoms with Crippen LogP contribution in [0.15, 0.2) is 18.2 Å². The summed E-state index contributed by atoms with van der Waals surface area (Å²) in [5.74, 6) is 0.928. The van der Waals surface area contributed by atoms with Gasteiger partial charge in [0.2, 0.25) is 0 Å². The molecule has 0 saturated heterocycles. The molecule has 0 spiro atoms. The minimum Gasteiger partial charge on any atom is -0.382 e. The molecule has 2 aliphatic rings. The van der Waals surface area contributed by atoms with Crippen molar-refractivity contribution in [3.05, 3.63) is 29.3 Å². The molecule has 1 nitrogen and oxygen atoms in total. The number of hydrogen-bond donors (Lipinski definition) is 1. The molecule has 1 aromatic rings. The van der Waals surface area contributed by atoms with E-state index in [0.29, 0.717) is 0 Å². The van der Waals surface area contributed by atoms with Crippen LogP contribution in [0.1, 0.15) is 37.3 Å². The van der Waals surface area contributed by atoms with Crippen LogP contribution < -0.4 is 5.32 Å². The van der Waals surface area contributed by atoms with Crippen molar-refractivity contribution < 1.29 is 0 Å². The summed E-state index contributed by atoms with van der Waals surface area (Å²) in [5.41, 5.74) is 4.49. The lowest BCUT2D eigenvalue weighted by atomic mass is 9.82. The van der Waals surface area contributed by atoms with Gasteiger partial charge in [0.15, 0.2) is 0 Å². The Morgan fingerprint density at radius 2 is 1.93 bits per heavy atom. The summed E-state index contributed by atoms with van der Waals surface area (Å²) in [6.45, 7) is 2.33. The average molecular weight is 201 g/mol. The molecule has 0 heterocycles. The number of benzene rings is 1. The molecule has 0 radical (unpaired) electrons. The van der Waals surface area contributed by atoms with Crippen LogP contribution in [0.5, 0.6) is 0 Å². The largest absolute Gasteiger partial charge is 0.382 e. The van der Waals surface area contributed by atoms with Crippen LogP contribution >= 0.6 is 0 Å². The minimum absolute atomic E-state index is 0.736. The van der Waals surface area contributed by atoms with Gasteiger partial charge in [0, 0.05) is 11.7 Å². The summed E-state index contributed by atoms with van der Waals surface area (Å²) in [6, 6.07) is 7.67. The maximum Gasteiger partial charge on any atom is 0.0345 e. The molecule has 0 amide bonds. The number of aryl methyl sites for hydroxylation is 2. The predicted octanol–water partition coefficient (Wildman–Crippen LogP) is 3.39. The van der Waals surface area contributed by atoms with Gasteiger partial charge in [-0.05, 0) is 61.3 Å². The van der Waals surface area contributed by atoms with Gasteiger partial charge >= 0.3 is 0 Å². The molecule has 1 saturated carbocycles. The van der Waals surface area contributed by atoms with Gasteiger partial charge in [0.25, 0.3) is 0 Å². The molecular weight excluding hydrogens is 182 g/mol. The fourth-order valence-corrected chi connectivity index (χ4v) is 2.92. The Kier molecular flexibility index (Phi) is 2.19. The van der Waals surface area contributed by atoms with Crippen LogP contribution in [-0.4, -0.2) is 6.04 Å². The fraction of sp³-hybridized carbons (Fsp3) is 0.571. The maximum absolute atomic E-state index is 3.64. The topological polar surface area (TPSA) is 12.0 Å². The van der Waals surface area contributed by atoms with Crippen molar-refractivity contribution in [2.24, 2.45) is 5.92 Å². The molecule has 0 bridgehead atoms. The highest BCUT2D eigenvalue weighted by Crippen LogP contribution is 2.31. The molecule has 1 fully saturated rings. The zero-order valence-corrected chi connectivity index (χ0v) is 9.42. The maximum atomic E-state index is 3.64. The Morgan fingerprint density at radius 3 is 2.73 bits per heavy atom. The van der Waals surface area contributed by atoms with Gasteiger partial charge in [0.05, 0.1) is 0 Å². The van der Waals surface area contributed by atoms with E-state index in [1.54, 1.807) is 11.1 Å². The standard InChI is InChI=1S/C14H19N/c1-10-7-14(8-10)15-13-6-5-11-3-2-4-12(11)9-13/h5-6,9-10,14-15H,2-4,7-8H2,1H3.